The van der Waals surface area contributed by atoms with E-state index in [2.05, 4.69) is 0 Å². The van der Waals surface area contributed by atoms with Gasteiger partial charge < -0.3 is 39.2 Å². The molecule has 1 fully saturated rings. The van der Waals surface area contributed by atoms with Crippen molar-refractivity contribution in [2.75, 3.05) is 108 Å². The Hall–Kier alpha value is -4.24. The van der Waals surface area contributed by atoms with E-state index in [0.29, 0.717) is 0 Å². The molecule has 0 aliphatic carbocycles. The topological polar surface area (TPSA) is 162 Å². The molecule has 0 bridgehead atoms. The molecular weight excluding hydrogens is 540 g/mol. The van der Waals surface area contributed by atoms with E-state index in [0.717, 1.165) is 34.3 Å². The highest BCUT2D eigenvalue weighted by Gasteiger charge is 2.26. The Morgan fingerprint density at radius 3 is 0.707 bits per heavy atom. The van der Waals surface area contributed by atoms with Gasteiger partial charge in [0.15, 0.2) is 0 Å². The molecule has 41 heavy (non-hydrogen) atoms. The summed E-state index contributed by atoms with van der Waals surface area (Å²) in [6.07, 6.45) is 0. The predicted molar refractivity (Wildman–Crippen MR) is 146 cm³/mol. The van der Waals surface area contributed by atoms with E-state index < -0.39 is 47.3 Å². The van der Waals surface area contributed by atoms with Crippen molar-refractivity contribution in [3.05, 3.63) is 0 Å². The lowest BCUT2D eigenvalue weighted by Gasteiger charge is -2.29. The molecule has 0 aromatic rings. The smallest absolute Gasteiger partial charge is 0.242 e. The zero-order chi connectivity index (χ0) is 31.6. The van der Waals surface area contributed by atoms with Crippen LogP contribution in [0.15, 0.2) is 0 Å². The average Bonchev–Trinajstić information content (AvgIpc) is 2.89. The van der Waals surface area contributed by atoms with Crippen molar-refractivity contribution in [2.24, 2.45) is 0 Å². The Balaban J connectivity index is 3.16. The van der Waals surface area contributed by atoms with Gasteiger partial charge in [-0.05, 0) is 6.92 Å². The minimum atomic E-state index is -0.538. The molecule has 1 aliphatic rings. The van der Waals surface area contributed by atoms with Crippen LogP contribution in [0.25, 0.3) is 0 Å². The first-order chi connectivity index (χ1) is 19.0. The van der Waals surface area contributed by atoms with E-state index in [1.807, 2.05) is 0 Å². The quantitative estimate of drug-likeness (QED) is 0.303. The zero-order valence-electron chi connectivity index (χ0n) is 25.2. The molecule has 0 spiro atoms. The van der Waals surface area contributed by atoms with Crippen molar-refractivity contribution in [1.82, 2.24) is 39.2 Å². The molecule has 0 atom stereocenters. The lowest BCUT2D eigenvalue weighted by atomic mass is 10.3. The van der Waals surface area contributed by atoms with Crippen molar-refractivity contribution in [2.45, 2.75) is 6.92 Å². The molecule has 1 heterocycles. The van der Waals surface area contributed by atoms with Crippen LogP contribution in [0.1, 0.15) is 6.92 Å². The van der Waals surface area contributed by atoms with Crippen molar-refractivity contribution < 1.29 is 38.4 Å². The molecule has 1 aliphatic heterocycles. The molecule has 0 unspecified atom stereocenters. The van der Waals surface area contributed by atoms with Crippen LogP contribution in [0, 0.1) is 0 Å². The molecular formula is C25H42N8O8. The summed E-state index contributed by atoms with van der Waals surface area (Å²) in [5.74, 6) is -4.25. The number of carbonyl (C=O) groups excluding carboxylic acids is 8. The third kappa shape index (κ3) is 10.7. The molecule has 16 nitrogen and oxygen atoms in total. The summed E-state index contributed by atoms with van der Waals surface area (Å²) in [7, 11) is 9.67. The monoisotopic (exact) mass is 582 g/mol. The van der Waals surface area contributed by atoms with Gasteiger partial charge in [0, 0.05) is 55.9 Å². The number of hydrogen-bond donors (Lipinski definition) is 0. The summed E-state index contributed by atoms with van der Waals surface area (Å²) in [5, 5.41) is 0. The lowest BCUT2D eigenvalue weighted by Crippen LogP contribution is -2.50. The van der Waals surface area contributed by atoms with E-state index in [1.54, 1.807) is 6.92 Å². The number of carbonyl (C=O) groups is 8. The molecule has 0 saturated carbocycles. The number of amides is 8. The highest BCUT2D eigenvalue weighted by molar-refractivity contribution is 5.93. The fraction of sp³-hybridized carbons (Fsp3) is 0.680. The van der Waals surface area contributed by atoms with Crippen LogP contribution in [0.3, 0.4) is 0 Å². The Kier molecular flexibility index (Phi) is 13.2. The van der Waals surface area contributed by atoms with E-state index in [9.17, 15) is 38.4 Å². The third-order valence-corrected chi connectivity index (χ3v) is 6.65. The molecule has 0 aromatic carbocycles. The van der Waals surface area contributed by atoms with Gasteiger partial charge in [-0.3, -0.25) is 38.4 Å². The van der Waals surface area contributed by atoms with Crippen LogP contribution in [0.2, 0.25) is 0 Å². The van der Waals surface area contributed by atoms with Crippen LogP contribution in [0.5, 0.6) is 0 Å². The molecule has 1 rings (SSSR count). The summed E-state index contributed by atoms with van der Waals surface area (Å²) >= 11 is 0. The minimum Gasteiger partial charge on any atom is -0.335 e. The SMILES string of the molecule is CCN1CC(=O)N(C)CC(=O)N(C)CC(=O)N(C)CC(=O)N(C)CC(=O)N(C)CC(=O)N(C)CC(=O)N(C)CC1=O. The molecule has 0 aromatic heterocycles. The van der Waals surface area contributed by atoms with E-state index in [1.165, 1.54) is 54.2 Å². The van der Waals surface area contributed by atoms with Crippen LogP contribution in [-0.4, -0.2) is 195 Å². The highest BCUT2D eigenvalue weighted by atomic mass is 16.2. The van der Waals surface area contributed by atoms with Gasteiger partial charge in [-0.15, -0.1) is 0 Å². The summed E-state index contributed by atoms with van der Waals surface area (Å²) in [5.41, 5.74) is 0. The van der Waals surface area contributed by atoms with E-state index in [-0.39, 0.29) is 58.9 Å². The van der Waals surface area contributed by atoms with Crippen molar-refractivity contribution in [3.8, 4) is 0 Å². The number of likely N-dealkylation sites (N-methyl/N-ethyl adjacent to an activating group) is 8. The molecule has 230 valence electrons. The maximum absolute atomic E-state index is 12.8. The van der Waals surface area contributed by atoms with Crippen molar-refractivity contribution in [1.29, 1.82) is 0 Å². The number of hydrogen-bond acceptors (Lipinski definition) is 8. The van der Waals surface area contributed by atoms with Crippen molar-refractivity contribution >= 4 is 47.3 Å². The maximum Gasteiger partial charge on any atom is 0.242 e. The second-order valence-electron chi connectivity index (χ2n) is 10.2. The van der Waals surface area contributed by atoms with Crippen LogP contribution in [0.4, 0.5) is 0 Å². The fourth-order valence-corrected chi connectivity index (χ4v) is 3.52. The second-order valence-corrected chi connectivity index (χ2v) is 10.2. The van der Waals surface area contributed by atoms with Crippen LogP contribution >= 0.6 is 0 Å². The standard InChI is InChI=1S/C25H42N8O8/c1-9-33-17-24(40)31(7)15-22(38)29(5)13-20(36)27(3)11-18(34)26(2)10-19(35)28(4)12-21(37)30(6)14-23(39)32(8)16-25(33)41/h9-17H2,1-8H3. The van der Waals surface area contributed by atoms with Crippen LogP contribution < -0.4 is 0 Å². The molecule has 1 saturated heterocycles. The van der Waals surface area contributed by atoms with Crippen molar-refractivity contribution in [3.63, 3.8) is 0 Å². The molecule has 0 N–H and O–H groups in total. The first kappa shape index (κ1) is 34.8. The molecule has 0 radical (unpaired) electrons. The molecule has 16 heteroatoms. The Labute approximate surface area is 240 Å². The number of rotatable bonds is 1. The predicted octanol–water partition coefficient (Wildman–Crippen LogP) is -3.94. The summed E-state index contributed by atoms with van der Waals surface area (Å²) in [6, 6.07) is 0. The van der Waals surface area contributed by atoms with Gasteiger partial charge in [-0.1, -0.05) is 0 Å². The van der Waals surface area contributed by atoms with Gasteiger partial charge in [0.1, 0.15) is 0 Å². The fourth-order valence-electron chi connectivity index (χ4n) is 3.52. The average molecular weight is 583 g/mol. The summed E-state index contributed by atoms with van der Waals surface area (Å²) in [6.45, 7) is -0.979. The summed E-state index contributed by atoms with van der Waals surface area (Å²) in [4.78, 5) is 110. The lowest BCUT2D eigenvalue weighted by molar-refractivity contribution is -0.147. The van der Waals surface area contributed by atoms with E-state index in [4.69, 9.17) is 0 Å². The van der Waals surface area contributed by atoms with Gasteiger partial charge in [-0.2, -0.15) is 0 Å². The highest BCUT2D eigenvalue weighted by Crippen LogP contribution is 2.01. The van der Waals surface area contributed by atoms with E-state index >= 15 is 0 Å². The van der Waals surface area contributed by atoms with Gasteiger partial charge in [-0.25, -0.2) is 0 Å². The maximum atomic E-state index is 12.8. The third-order valence-electron chi connectivity index (χ3n) is 6.65. The first-order valence-corrected chi connectivity index (χ1v) is 12.9. The molecule has 8 amide bonds. The zero-order valence-corrected chi connectivity index (χ0v) is 25.2. The first-order valence-electron chi connectivity index (χ1n) is 12.9. The van der Waals surface area contributed by atoms with Gasteiger partial charge in [0.2, 0.25) is 47.3 Å². The Bertz CT molecular complexity index is 1050. The van der Waals surface area contributed by atoms with Gasteiger partial charge in [0.05, 0.1) is 52.4 Å². The van der Waals surface area contributed by atoms with Gasteiger partial charge >= 0.3 is 0 Å². The Morgan fingerprint density at radius 2 is 0.512 bits per heavy atom. The number of nitrogens with zero attached hydrogens (tertiary/aromatic N) is 8. The normalized spacial score (nSPS) is 20.0. The minimum absolute atomic E-state index is 0.168. The largest absolute Gasteiger partial charge is 0.335 e. The Morgan fingerprint density at radius 1 is 0.341 bits per heavy atom. The van der Waals surface area contributed by atoms with Gasteiger partial charge in [0.25, 0.3) is 0 Å². The van der Waals surface area contributed by atoms with Crippen LogP contribution in [-0.2, 0) is 38.4 Å². The summed E-state index contributed by atoms with van der Waals surface area (Å²) < 4.78 is 0. The second kappa shape index (κ2) is 15.5.